The van der Waals surface area contributed by atoms with Crippen LogP contribution in [0, 0.1) is 0 Å². The highest BCUT2D eigenvalue weighted by Crippen LogP contribution is 2.20. The van der Waals surface area contributed by atoms with Crippen LogP contribution in [0.1, 0.15) is 27.2 Å². The molecule has 0 aliphatic rings. The van der Waals surface area contributed by atoms with Crippen LogP contribution in [-0.2, 0) is 40.4 Å². The van der Waals surface area contributed by atoms with Crippen LogP contribution in [0.3, 0.4) is 0 Å². The number of methoxy groups -OCH3 is 2. The van der Waals surface area contributed by atoms with E-state index in [4.69, 9.17) is 25.8 Å². The summed E-state index contributed by atoms with van der Waals surface area (Å²) in [5, 5.41) is 12.6. The summed E-state index contributed by atoms with van der Waals surface area (Å²) in [4.78, 5) is 38.1. The van der Waals surface area contributed by atoms with E-state index in [1.54, 1.807) is 24.3 Å². The Balaban J connectivity index is 2.06. The van der Waals surface area contributed by atoms with Crippen LogP contribution in [0.2, 0.25) is 5.02 Å². The number of nitrogens with one attached hydrogen (secondary N) is 1. The summed E-state index contributed by atoms with van der Waals surface area (Å²) in [6.45, 7) is 0.140. The highest BCUT2D eigenvalue weighted by molar-refractivity contribution is 6.30. The molecule has 0 fully saturated rings. The predicted octanol–water partition coefficient (Wildman–Crippen LogP) is 3.26. The van der Waals surface area contributed by atoms with E-state index in [0.29, 0.717) is 5.02 Å². The second-order valence-corrected chi connectivity index (χ2v) is 8.31. The first-order valence-corrected chi connectivity index (χ1v) is 11.4. The molecule has 0 aliphatic heterocycles. The van der Waals surface area contributed by atoms with E-state index in [-0.39, 0.29) is 36.7 Å². The van der Waals surface area contributed by atoms with E-state index in [1.807, 2.05) is 30.3 Å². The number of carboxylic acids is 1. The average Bonchev–Trinajstić information content (AvgIpc) is 2.86. The van der Waals surface area contributed by atoms with Crippen molar-refractivity contribution in [2.24, 2.45) is 0 Å². The summed E-state index contributed by atoms with van der Waals surface area (Å²) in [6.07, 6.45) is 0.00688. The number of pyridine rings is 1. The lowest BCUT2D eigenvalue weighted by molar-refractivity contribution is -0.136. The van der Waals surface area contributed by atoms with E-state index in [0.717, 1.165) is 11.1 Å². The van der Waals surface area contributed by atoms with Gasteiger partial charge in [-0.15, -0.1) is 0 Å². The highest BCUT2D eigenvalue weighted by atomic mass is 35.5. The molecule has 3 rings (SSSR count). The summed E-state index contributed by atoms with van der Waals surface area (Å²) >= 11 is 6.04. The number of aromatic nitrogens is 1. The molecule has 1 heterocycles. The van der Waals surface area contributed by atoms with Gasteiger partial charge in [0.05, 0.1) is 13.0 Å². The van der Waals surface area contributed by atoms with Gasteiger partial charge in [0.25, 0.3) is 5.91 Å². The fraction of sp³-hybridized carbons (Fsp3) is 0.269. The second-order valence-electron chi connectivity index (χ2n) is 7.87. The Kier molecular flexibility index (Phi) is 9.63. The molecule has 0 saturated heterocycles. The standard InChI is InChI=1S/C26H27ClN2O7/c1-34-22(35-2)15-29-14-19(12-21(30)31)24(32)25(36-16-17-7-4-3-5-8-17)23(29)26(33)28-13-18-9-6-10-20(27)11-18/h3-11,14,22H,12-13,15-16H2,1-2H3,(H,28,33)(H,30,31). The molecule has 1 amide bonds. The quantitative estimate of drug-likeness (QED) is 0.356. The fourth-order valence-electron chi connectivity index (χ4n) is 3.54. The van der Waals surface area contributed by atoms with E-state index in [1.165, 1.54) is 25.0 Å². The predicted molar refractivity (Wildman–Crippen MR) is 133 cm³/mol. The monoisotopic (exact) mass is 514 g/mol. The minimum Gasteiger partial charge on any atom is -0.483 e. The Bertz CT molecular complexity index is 1260. The fourth-order valence-corrected chi connectivity index (χ4v) is 3.76. The molecule has 9 nitrogen and oxygen atoms in total. The highest BCUT2D eigenvalue weighted by Gasteiger charge is 2.25. The molecule has 0 saturated carbocycles. The Labute approximate surface area is 213 Å². The maximum Gasteiger partial charge on any atom is 0.308 e. The molecule has 0 spiro atoms. The third kappa shape index (κ3) is 7.17. The van der Waals surface area contributed by atoms with Gasteiger partial charge in [-0.1, -0.05) is 54.1 Å². The molecule has 0 radical (unpaired) electrons. The molecular formula is C26H27ClN2O7. The molecule has 3 aromatic rings. The molecule has 2 N–H and O–H groups in total. The molecule has 0 atom stereocenters. The van der Waals surface area contributed by atoms with E-state index < -0.39 is 30.0 Å². The minimum absolute atomic E-state index is 0.000831. The van der Waals surface area contributed by atoms with Crippen molar-refractivity contribution in [2.45, 2.75) is 32.4 Å². The first-order chi connectivity index (χ1) is 17.3. The van der Waals surface area contributed by atoms with Crippen molar-refractivity contribution in [3.05, 3.63) is 98.4 Å². The third-order valence-corrected chi connectivity index (χ3v) is 5.54. The van der Waals surface area contributed by atoms with Gasteiger partial charge >= 0.3 is 5.97 Å². The number of aliphatic carboxylic acids is 1. The van der Waals surface area contributed by atoms with Crippen LogP contribution >= 0.6 is 11.6 Å². The molecule has 0 bridgehead atoms. The summed E-state index contributed by atoms with van der Waals surface area (Å²) in [6, 6.07) is 16.1. The number of carboxylic acid groups (broad SMARTS) is 1. The van der Waals surface area contributed by atoms with Crippen LogP contribution in [-0.4, -0.2) is 42.1 Å². The van der Waals surface area contributed by atoms with E-state index in [9.17, 15) is 19.5 Å². The minimum atomic E-state index is -1.19. The topological polar surface area (TPSA) is 116 Å². The first-order valence-electron chi connectivity index (χ1n) is 11.1. The number of ether oxygens (including phenoxy) is 3. The van der Waals surface area contributed by atoms with Crippen LogP contribution in [0.25, 0.3) is 0 Å². The number of hydrogen-bond acceptors (Lipinski definition) is 6. The number of carbonyl (C=O) groups excluding carboxylic acids is 1. The van der Waals surface area contributed by atoms with E-state index >= 15 is 0 Å². The number of amides is 1. The Morgan fingerprint density at radius 2 is 1.75 bits per heavy atom. The maximum absolute atomic E-state index is 13.4. The first kappa shape index (κ1) is 26.9. The molecule has 190 valence electrons. The van der Waals surface area contributed by atoms with Crippen LogP contribution in [0.4, 0.5) is 0 Å². The Morgan fingerprint density at radius 3 is 2.39 bits per heavy atom. The van der Waals surface area contributed by atoms with Crippen molar-refractivity contribution in [1.29, 1.82) is 0 Å². The Hall–Kier alpha value is -3.66. The van der Waals surface area contributed by atoms with Gasteiger partial charge in [-0.25, -0.2) is 0 Å². The molecule has 0 unspecified atom stereocenters. The third-order valence-electron chi connectivity index (χ3n) is 5.31. The van der Waals surface area contributed by atoms with Crippen LogP contribution in [0.5, 0.6) is 5.75 Å². The van der Waals surface area contributed by atoms with Crippen molar-refractivity contribution in [3.8, 4) is 5.75 Å². The zero-order valence-corrected chi connectivity index (χ0v) is 20.7. The van der Waals surface area contributed by atoms with Gasteiger partial charge in [0.1, 0.15) is 6.61 Å². The van der Waals surface area contributed by atoms with Crippen molar-refractivity contribution in [2.75, 3.05) is 14.2 Å². The number of rotatable bonds is 12. The lowest BCUT2D eigenvalue weighted by Gasteiger charge is -2.22. The van der Waals surface area contributed by atoms with Gasteiger partial charge in [-0.05, 0) is 23.3 Å². The van der Waals surface area contributed by atoms with Gasteiger partial charge in [0.15, 0.2) is 17.7 Å². The van der Waals surface area contributed by atoms with Gasteiger partial charge in [0.2, 0.25) is 5.43 Å². The van der Waals surface area contributed by atoms with Crippen LogP contribution < -0.4 is 15.5 Å². The zero-order chi connectivity index (χ0) is 26.1. The summed E-state index contributed by atoms with van der Waals surface area (Å²) in [7, 11) is 2.86. The molecule has 36 heavy (non-hydrogen) atoms. The zero-order valence-electron chi connectivity index (χ0n) is 19.9. The molecule has 2 aromatic carbocycles. The van der Waals surface area contributed by atoms with Gasteiger partial charge in [0, 0.05) is 37.5 Å². The lowest BCUT2D eigenvalue weighted by Crippen LogP contribution is -2.34. The van der Waals surface area contributed by atoms with Gasteiger partial charge in [-0.3, -0.25) is 14.4 Å². The van der Waals surface area contributed by atoms with E-state index in [2.05, 4.69) is 5.32 Å². The number of halogens is 1. The maximum atomic E-state index is 13.4. The summed E-state index contributed by atoms with van der Waals surface area (Å²) < 4.78 is 17.8. The van der Waals surface area contributed by atoms with Crippen molar-refractivity contribution in [1.82, 2.24) is 9.88 Å². The smallest absolute Gasteiger partial charge is 0.308 e. The average molecular weight is 515 g/mol. The number of carbonyl (C=O) groups is 2. The van der Waals surface area contributed by atoms with Crippen LogP contribution in [0.15, 0.2) is 65.6 Å². The molecule has 10 heteroatoms. The summed E-state index contributed by atoms with van der Waals surface area (Å²) in [5.41, 5.74) is 0.729. The molecule has 0 aliphatic carbocycles. The van der Waals surface area contributed by atoms with Crippen molar-refractivity contribution in [3.63, 3.8) is 0 Å². The largest absolute Gasteiger partial charge is 0.483 e. The summed E-state index contributed by atoms with van der Waals surface area (Å²) in [5.74, 6) is -2.05. The lowest BCUT2D eigenvalue weighted by atomic mass is 10.1. The normalized spacial score (nSPS) is 10.9. The SMILES string of the molecule is COC(Cn1cc(CC(=O)O)c(=O)c(OCc2ccccc2)c1C(=O)NCc1cccc(Cl)c1)OC. The van der Waals surface area contributed by atoms with Crippen molar-refractivity contribution < 1.29 is 28.9 Å². The van der Waals surface area contributed by atoms with Gasteiger partial charge < -0.3 is 29.2 Å². The second kappa shape index (κ2) is 12.9. The molecule has 1 aromatic heterocycles. The molecular weight excluding hydrogens is 488 g/mol. The van der Waals surface area contributed by atoms with Gasteiger partial charge in [-0.2, -0.15) is 0 Å². The number of hydrogen-bond donors (Lipinski definition) is 2. The number of nitrogens with zero attached hydrogens (tertiary/aromatic N) is 1. The van der Waals surface area contributed by atoms with Crippen molar-refractivity contribution >= 4 is 23.5 Å². The Morgan fingerprint density at radius 1 is 1.06 bits per heavy atom. The number of benzene rings is 2.